The molecule has 3 rings (SSSR count). The van der Waals surface area contributed by atoms with E-state index < -0.39 is 0 Å². The van der Waals surface area contributed by atoms with Crippen LogP contribution in [0, 0.1) is 0 Å². The molecule has 0 atom stereocenters. The highest BCUT2D eigenvalue weighted by molar-refractivity contribution is 6.00. The lowest BCUT2D eigenvalue weighted by molar-refractivity contribution is -0.135. The number of carbonyl (C=O) groups is 2. The maximum atomic E-state index is 12.7. The van der Waals surface area contributed by atoms with Gasteiger partial charge in [-0.05, 0) is 24.3 Å². The summed E-state index contributed by atoms with van der Waals surface area (Å²) < 4.78 is 5.25. The molecular weight excluding hydrogens is 342 g/mol. The molecule has 0 bridgehead atoms. The Bertz CT molecular complexity index is 773. The highest BCUT2D eigenvalue weighted by Crippen LogP contribution is 2.26. The zero-order chi connectivity index (χ0) is 19.1. The molecule has 0 aliphatic carbocycles. The van der Waals surface area contributed by atoms with Gasteiger partial charge in [-0.2, -0.15) is 0 Å². The van der Waals surface area contributed by atoms with Gasteiger partial charge in [-0.25, -0.2) is 0 Å². The van der Waals surface area contributed by atoms with Crippen LogP contribution in [0.3, 0.4) is 0 Å². The van der Waals surface area contributed by atoms with Crippen LogP contribution in [-0.4, -0.2) is 56.6 Å². The Morgan fingerprint density at radius 1 is 1.04 bits per heavy atom. The van der Waals surface area contributed by atoms with Crippen LogP contribution in [0.4, 0.5) is 11.4 Å². The lowest BCUT2D eigenvalue weighted by atomic mass is 10.1. The number of amides is 2. The summed E-state index contributed by atoms with van der Waals surface area (Å²) in [5.74, 6) is -0.128. The summed E-state index contributed by atoms with van der Waals surface area (Å²) >= 11 is 0. The van der Waals surface area contributed by atoms with Gasteiger partial charge < -0.3 is 19.9 Å². The van der Waals surface area contributed by atoms with Crippen LogP contribution in [0.25, 0.3) is 0 Å². The summed E-state index contributed by atoms with van der Waals surface area (Å²) in [5, 5.41) is 2.87. The first-order chi connectivity index (χ1) is 13.2. The lowest BCUT2D eigenvalue weighted by Crippen LogP contribution is -2.42. The highest BCUT2D eigenvalue weighted by Gasteiger charge is 2.18. The number of morpholine rings is 1. The molecule has 6 nitrogen and oxygen atoms in total. The number of para-hydroxylation sites is 2. The first kappa shape index (κ1) is 18.9. The fraction of sp³-hybridized carbons (Fsp3) is 0.333. The molecule has 1 N–H and O–H groups in total. The third-order valence-corrected chi connectivity index (χ3v) is 4.64. The molecule has 0 unspecified atom stereocenters. The number of carbonyl (C=O) groups excluding carboxylic acids is 2. The first-order valence-corrected chi connectivity index (χ1v) is 9.18. The number of hydrogen-bond acceptors (Lipinski definition) is 4. The van der Waals surface area contributed by atoms with Crippen molar-refractivity contribution < 1.29 is 14.3 Å². The molecule has 0 radical (unpaired) electrons. The largest absolute Gasteiger partial charge is 0.378 e. The third kappa shape index (κ3) is 4.86. The van der Waals surface area contributed by atoms with E-state index in [-0.39, 0.29) is 11.8 Å². The average molecular weight is 367 g/mol. The second-order valence-corrected chi connectivity index (χ2v) is 6.41. The van der Waals surface area contributed by atoms with E-state index >= 15 is 0 Å². The third-order valence-electron chi connectivity index (χ3n) is 4.64. The number of ether oxygens (including phenoxy) is 1. The summed E-state index contributed by atoms with van der Waals surface area (Å²) in [5.41, 5.74) is 2.41. The minimum absolute atomic E-state index is 0.0493. The Morgan fingerprint density at radius 2 is 1.70 bits per heavy atom. The highest BCUT2D eigenvalue weighted by atomic mass is 16.5. The van der Waals surface area contributed by atoms with Gasteiger partial charge >= 0.3 is 0 Å². The number of nitrogens with zero attached hydrogens (tertiary/aromatic N) is 2. The van der Waals surface area contributed by atoms with Crippen LogP contribution in [0.15, 0.2) is 54.6 Å². The van der Waals surface area contributed by atoms with E-state index in [1.54, 1.807) is 11.0 Å². The van der Waals surface area contributed by atoms with Crippen LogP contribution < -0.4 is 10.2 Å². The summed E-state index contributed by atoms with van der Waals surface area (Å²) in [6.45, 7) is 2.72. The molecular formula is C21H25N3O3. The van der Waals surface area contributed by atoms with E-state index in [0.29, 0.717) is 44.8 Å². The molecule has 1 aliphatic heterocycles. The van der Waals surface area contributed by atoms with Crippen molar-refractivity contribution >= 4 is 23.2 Å². The zero-order valence-corrected chi connectivity index (χ0v) is 15.6. The number of rotatable bonds is 6. The number of anilines is 2. The van der Waals surface area contributed by atoms with E-state index in [4.69, 9.17) is 4.74 Å². The molecule has 0 aromatic heterocycles. The van der Waals surface area contributed by atoms with Gasteiger partial charge in [0.15, 0.2) is 0 Å². The van der Waals surface area contributed by atoms with E-state index in [0.717, 1.165) is 11.4 Å². The van der Waals surface area contributed by atoms with Crippen molar-refractivity contribution in [2.75, 3.05) is 44.8 Å². The van der Waals surface area contributed by atoms with Gasteiger partial charge in [-0.3, -0.25) is 9.59 Å². The Labute approximate surface area is 159 Å². The lowest BCUT2D eigenvalue weighted by Gasteiger charge is -2.27. The molecule has 27 heavy (non-hydrogen) atoms. The monoisotopic (exact) mass is 367 g/mol. The van der Waals surface area contributed by atoms with Gasteiger partial charge in [0, 0.05) is 38.8 Å². The van der Waals surface area contributed by atoms with Crippen LogP contribution in [0.2, 0.25) is 0 Å². The van der Waals surface area contributed by atoms with Crippen LogP contribution >= 0.6 is 0 Å². The Balaban J connectivity index is 1.61. The van der Waals surface area contributed by atoms with Crippen LogP contribution in [0.5, 0.6) is 0 Å². The fourth-order valence-corrected chi connectivity index (χ4v) is 3.10. The van der Waals surface area contributed by atoms with E-state index in [2.05, 4.69) is 5.32 Å². The minimum atomic E-state index is -0.178. The van der Waals surface area contributed by atoms with Gasteiger partial charge in [0.1, 0.15) is 0 Å². The van der Waals surface area contributed by atoms with Crippen molar-refractivity contribution in [3.63, 3.8) is 0 Å². The molecule has 1 aliphatic rings. The van der Waals surface area contributed by atoms with Crippen LogP contribution in [-0.2, 0) is 9.53 Å². The van der Waals surface area contributed by atoms with E-state index in [9.17, 15) is 9.59 Å². The summed E-state index contributed by atoms with van der Waals surface area (Å²) in [7, 11) is 1.93. The van der Waals surface area contributed by atoms with Gasteiger partial charge in [0.05, 0.1) is 24.5 Å². The van der Waals surface area contributed by atoms with Gasteiger partial charge in [0.2, 0.25) is 5.91 Å². The molecule has 1 saturated heterocycles. The summed E-state index contributed by atoms with van der Waals surface area (Å²) in [6.07, 6.45) is 0.294. The number of nitrogens with one attached hydrogen (secondary N) is 1. The zero-order valence-electron chi connectivity index (χ0n) is 15.6. The topological polar surface area (TPSA) is 61.9 Å². The summed E-state index contributed by atoms with van der Waals surface area (Å²) in [4.78, 5) is 28.6. The van der Waals surface area contributed by atoms with Crippen molar-refractivity contribution in [3.05, 3.63) is 60.2 Å². The smallest absolute Gasteiger partial charge is 0.253 e. The fourth-order valence-electron chi connectivity index (χ4n) is 3.10. The SMILES string of the molecule is CN(c1ccccc1)c1ccccc1C(=O)NCCC(=O)N1CCOCC1. The maximum Gasteiger partial charge on any atom is 0.253 e. The van der Waals surface area contributed by atoms with Gasteiger partial charge in [-0.1, -0.05) is 30.3 Å². The second-order valence-electron chi connectivity index (χ2n) is 6.41. The minimum Gasteiger partial charge on any atom is -0.378 e. The second kappa shape index (κ2) is 9.19. The van der Waals surface area contributed by atoms with Crippen LogP contribution in [0.1, 0.15) is 16.8 Å². The molecule has 1 heterocycles. The van der Waals surface area contributed by atoms with Crippen molar-refractivity contribution in [3.8, 4) is 0 Å². The Kier molecular flexibility index (Phi) is 6.44. The van der Waals surface area contributed by atoms with E-state index in [1.165, 1.54) is 0 Å². The van der Waals surface area contributed by atoms with Crippen molar-refractivity contribution in [2.45, 2.75) is 6.42 Å². The maximum absolute atomic E-state index is 12.7. The standard InChI is InChI=1S/C21H25N3O3/c1-23(17-7-3-2-4-8-17)19-10-6-5-9-18(19)21(26)22-12-11-20(25)24-13-15-27-16-14-24/h2-10H,11-16H2,1H3,(H,22,26). The molecule has 0 spiro atoms. The molecule has 2 aromatic carbocycles. The molecule has 142 valence electrons. The molecule has 6 heteroatoms. The van der Waals surface area contributed by atoms with Gasteiger partial charge in [0.25, 0.3) is 5.91 Å². The molecule has 0 saturated carbocycles. The predicted molar refractivity (Wildman–Crippen MR) is 105 cm³/mol. The molecule has 2 aromatic rings. The first-order valence-electron chi connectivity index (χ1n) is 9.18. The quantitative estimate of drug-likeness (QED) is 0.852. The van der Waals surface area contributed by atoms with Gasteiger partial charge in [-0.15, -0.1) is 0 Å². The van der Waals surface area contributed by atoms with E-state index in [1.807, 2.05) is 60.5 Å². The van der Waals surface area contributed by atoms with Crippen molar-refractivity contribution in [1.82, 2.24) is 10.2 Å². The van der Waals surface area contributed by atoms with Crippen molar-refractivity contribution in [2.24, 2.45) is 0 Å². The number of benzene rings is 2. The molecule has 2 amide bonds. The summed E-state index contributed by atoms with van der Waals surface area (Å²) in [6, 6.07) is 17.3. The molecule has 1 fully saturated rings. The predicted octanol–water partition coefficient (Wildman–Crippen LogP) is 2.43. The Morgan fingerprint density at radius 3 is 2.44 bits per heavy atom. The Hall–Kier alpha value is -2.86. The number of hydrogen-bond donors (Lipinski definition) is 1. The normalized spacial score (nSPS) is 13.9. The van der Waals surface area contributed by atoms with Crippen molar-refractivity contribution in [1.29, 1.82) is 0 Å². The average Bonchev–Trinajstić information content (AvgIpc) is 2.74.